The largest absolute Gasteiger partial charge is 0.394 e. The van der Waals surface area contributed by atoms with Crippen molar-refractivity contribution >= 4 is 5.91 Å². The van der Waals surface area contributed by atoms with E-state index in [1.807, 2.05) is 6.92 Å². The third kappa shape index (κ3) is 19.1. The summed E-state index contributed by atoms with van der Waals surface area (Å²) in [5.74, 6) is -0.318. The first-order chi connectivity index (χ1) is 31.8. The smallest absolute Gasteiger partial charge is 0.220 e. The van der Waals surface area contributed by atoms with Crippen molar-refractivity contribution in [1.29, 1.82) is 0 Å². The minimum atomic E-state index is -1.98. The summed E-state index contributed by atoms with van der Waals surface area (Å²) in [6.07, 6.45) is 2.74. The van der Waals surface area contributed by atoms with Gasteiger partial charge in [0.25, 0.3) is 0 Å². The zero-order valence-electron chi connectivity index (χ0n) is 38.9. The van der Waals surface area contributed by atoms with Crippen LogP contribution in [-0.2, 0) is 33.2 Å². The molecule has 66 heavy (non-hydrogen) atoms. The number of hydrogen-bond donors (Lipinski definition) is 12. The Morgan fingerprint density at radius 3 is 1.52 bits per heavy atom. The van der Waals surface area contributed by atoms with Crippen molar-refractivity contribution < 1.29 is 89.4 Å². The van der Waals surface area contributed by atoms with Crippen molar-refractivity contribution in [3.05, 3.63) is 36.5 Å². The molecule has 3 aliphatic heterocycles. The van der Waals surface area contributed by atoms with Crippen molar-refractivity contribution in [2.45, 2.75) is 227 Å². The SMILES string of the molecule is CCCCCCCCCC/C=C/CC/C=C/CC/C=C/C(O)C(COC1OC(CO)C(OC2OC(CO)C(OC3OC(CO)C(O)C(O)C3O)C(O)C2O)C(O)C1O)NC(=O)CCCCC. The monoisotopic (exact) mass is 950 g/mol. The van der Waals surface area contributed by atoms with E-state index in [-0.39, 0.29) is 18.9 Å². The molecule has 17 unspecified atom stereocenters. The molecule has 0 spiro atoms. The van der Waals surface area contributed by atoms with E-state index < -0.39 is 124 Å². The fourth-order valence-corrected chi connectivity index (χ4v) is 8.04. The first-order valence-corrected chi connectivity index (χ1v) is 24.2. The van der Waals surface area contributed by atoms with Crippen molar-refractivity contribution in [2.75, 3.05) is 26.4 Å². The van der Waals surface area contributed by atoms with E-state index in [1.54, 1.807) is 12.2 Å². The predicted molar refractivity (Wildman–Crippen MR) is 240 cm³/mol. The predicted octanol–water partition coefficient (Wildman–Crippen LogP) is 0.637. The molecule has 3 saturated heterocycles. The molecule has 17 atom stereocenters. The number of aliphatic hydroxyl groups excluding tert-OH is 11. The van der Waals surface area contributed by atoms with Crippen LogP contribution in [0.4, 0.5) is 0 Å². The van der Waals surface area contributed by atoms with Crippen molar-refractivity contribution in [3.8, 4) is 0 Å². The fraction of sp³-hybridized carbons (Fsp3) is 0.851. The molecule has 12 N–H and O–H groups in total. The average Bonchev–Trinajstić information content (AvgIpc) is 3.31. The Morgan fingerprint density at radius 2 is 0.970 bits per heavy atom. The van der Waals surface area contributed by atoms with Gasteiger partial charge in [-0.1, -0.05) is 108 Å². The average molecular weight is 950 g/mol. The summed E-state index contributed by atoms with van der Waals surface area (Å²) in [5, 5.41) is 119. The second-order valence-electron chi connectivity index (χ2n) is 17.6. The Labute approximate surface area is 390 Å². The van der Waals surface area contributed by atoms with E-state index in [4.69, 9.17) is 28.4 Å². The molecule has 0 radical (unpaired) electrons. The zero-order valence-corrected chi connectivity index (χ0v) is 38.9. The molecule has 19 heteroatoms. The molecule has 0 saturated carbocycles. The summed E-state index contributed by atoms with van der Waals surface area (Å²) in [4.78, 5) is 12.8. The van der Waals surface area contributed by atoms with Gasteiger partial charge in [0.05, 0.1) is 38.6 Å². The number of carbonyl (C=O) groups is 1. The number of carbonyl (C=O) groups excluding carboxylic acids is 1. The van der Waals surface area contributed by atoms with Gasteiger partial charge in [0.15, 0.2) is 18.9 Å². The fourth-order valence-electron chi connectivity index (χ4n) is 8.04. The Bertz CT molecular complexity index is 1370. The molecule has 384 valence electrons. The van der Waals surface area contributed by atoms with E-state index in [0.717, 1.165) is 38.5 Å². The van der Waals surface area contributed by atoms with Gasteiger partial charge in [0.1, 0.15) is 73.2 Å². The second-order valence-corrected chi connectivity index (χ2v) is 17.6. The van der Waals surface area contributed by atoms with Crippen LogP contribution in [0.2, 0.25) is 0 Å². The summed E-state index contributed by atoms with van der Waals surface area (Å²) < 4.78 is 33.8. The Morgan fingerprint density at radius 1 is 0.530 bits per heavy atom. The third-order valence-electron chi connectivity index (χ3n) is 12.2. The van der Waals surface area contributed by atoms with Crippen LogP contribution in [0.5, 0.6) is 0 Å². The maximum Gasteiger partial charge on any atom is 0.220 e. The first-order valence-electron chi connectivity index (χ1n) is 24.2. The molecular formula is C47H83NO18. The minimum Gasteiger partial charge on any atom is -0.394 e. The molecule has 0 bridgehead atoms. The van der Waals surface area contributed by atoms with E-state index in [0.29, 0.717) is 12.8 Å². The van der Waals surface area contributed by atoms with Crippen LogP contribution in [0.25, 0.3) is 0 Å². The van der Waals surface area contributed by atoms with Gasteiger partial charge in [-0.3, -0.25) is 4.79 Å². The van der Waals surface area contributed by atoms with Gasteiger partial charge in [0, 0.05) is 6.42 Å². The Hall–Kier alpha value is -1.99. The highest BCUT2D eigenvalue weighted by atomic mass is 16.8. The highest BCUT2D eigenvalue weighted by Gasteiger charge is 2.53. The molecule has 3 aliphatic rings. The van der Waals surface area contributed by atoms with Crippen LogP contribution in [0, 0.1) is 0 Å². The lowest BCUT2D eigenvalue weighted by molar-refractivity contribution is -0.379. The molecular weight excluding hydrogens is 867 g/mol. The molecule has 19 nitrogen and oxygen atoms in total. The van der Waals surface area contributed by atoms with Crippen LogP contribution in [-0.4, -0.2) is 193 Å². The second kappa shape index (κ2) is 32.8. The normalized spacial score (nSPS) is 34.1. The molecule has 0 aliphatic carbocycles. The van der Waals surface area contributed by atoms with Crippen molar-refractivity contribution in [1.82, 2.24) is 5.32 Å². The van der Waals surface area contributed by atoms with E-state index in [9.17, 15) is 61.0 Å². The number of aliphatic hydroxyl groups is 11. The molecule has 1 amide bonds. The molecule has 0 aromatic heterocycles. The van der Waals surface area contributed by atoms with Gasteiger partial charge < -0.3 is 89.9 Å². The van der Waals surface area contributed by atoms with Gasteiger partial charge in [-0.25, -0.2) is 0 Å². The minimum absolute atomic E-state index is 0.217. The summed E-state index contributed by atoms with van der Waals surface area (Å²) in [5.41, 5.74) is 0. The van der Waals surface area contributed by atoms with Crippen LogP contribution in [0.3, 0.4) is 0 Å². The van der Waals surface area contributed by atoms with Gasteiger partial charge in [-0.05, 0) is 44.9 Å². The number of amides is 1. The summed E-state index contributed by atoms with van der Waals surface area (Å²) in [6.45, 7) is 1.44. The number of unbranched alkanes of at least 4 members (excludes halogenated alkanes) is 12. The highest BCUT2D eigenvalue weighted by molar-refractivity contribution is 5.76. The van der Waals surface area contributed by atoms with Crippen LogP contribution in [0.1, 0.15) is 123 Å². The van der Waals surface area contributed by atoms with Gasteiger partial charge in [0.2, 0.25) is 5.91 Å². The topological polar surface area (TPSA) is 307 Å². The van der Waals surface area contributed by atoms with Gasteiger partial charge in [-0.15, -0.1) is 0 Å². The van der Waals surface area contributed by atoms with Gasteiger partial charge in [-0.2, -0.15) is 0 Å². The Balaban J connectivity index is 1.52. The van der Waals surface area contributed by atoms with Crippen molar-refractivity contribution in [2.24, 2.45) is 0 Å². The van der Waals surface area contributed by atoms with Crippen LogP contribution in [0.15, 0.2) is 36.5 Å². The number of rotatable bonds is 32. The standard InChI is InChI=1S/C47H83NO18/c1-3-5-7-8-9-10-11-12-13-14-15-16-17-18-19-20-21-23-24-31(52)30(48-35(53)25-22-6-4-2)29-61-45-41(59)38(56)43(33(27-50)63-45)66-47-42(60)39(57)44(34(28-51)64-47)65-46-40(58)37(55)36(54)32(26-49)62-46/h14-15,18-19,23-24,30-34,36-47,49-52,54-60H,3-13,16-17,20-22,25-29H2,1-2H3,(H,48,53)/b15-14+,19-18+,24-23+. The zero-order chi connectivity index (χ0) is 48.4. The maximum atomic E-state index is 12.8. The van der Waals surface area contributed by atoms with E-state index in [1.165, 1.54) is 51.4 Å². The van der Waals surface area contributed by atoms with Crippen LogP contribution >= 0.6 is 0 Å². The number of nitrogens with one attached hydrogen (secondary N) is 1. The lowest BCUT2D eigenvalue weighted by atomic mass is 9.96. The summed E-state index contributed by atoms with van der Waals surface area (Å²) in [7, 11) is 0. The van der Waals surface area contributed by atoms with E-state index >= 15 is 0 Å². The lowest BCUT2D eigenvalue weighted by Crippen LogP contribution is -2.66. The number of hydrogen-bond acceptors (Lipinski definition) is 18. The molecule has 0 aromatic carbocycles. The van der Waals surface area contributed by atoms with Crippen LogP contribution < -0.4 is 5.32 Å². The summed E-state index contributed by atoms with van der Waals surface area (Å²) in [6, 6.07) is -0.987. The molecule has 3 rings (SSSR count). The Kier molecular flexibility index (Phi) is 28.9. The number of allylic oxidation sites excluding steroid dienone is 5. The lowest BCUT2D eigenvalue weighted by Gasteiger charge is -2.48. The molecule has 3 fully saturated rings. The van der Waals surface area contributed by atoms with E-state index in [2.05, 4.69) is 36.5 Å². The maximum absolute atomic E-state index is 12.8. The highest BCUT2D eigenvalue weighted by Crippen LogP contribution is 2.33. The third-order valence-corrected chi connectivity index (χ3v) is 12.2. The van der Waals surface area contributed by atoms with Gasteiger partial charge >= 0.3 is 0 Å². The van der Waals surface area contributed by atoms with Crippen molar-refractivity contribution in [3.63, 3.8) is 0 Å². The summed E-state index contributed by atoms with van der Waals surface area (Å²) >= 11 is 0. The molecule has 3 heterocycles. The first kappa shape index (κ1) is 58.3. The molecule has 0 aromatic rings. The number of ether oxygens (including phenoxy) is 6. The quantitative estimate of drug-likeness (QED) is 0.0325.